The van der Waals surface area contributed by atoms with Gasteiger partial charge in [-0.05, 0) is 36.8 Å². The zero-order chi connectivity index (χ0) is 18.9. The summed E-state index contributed by atoms with van der Waals surface area (Å²) in [4.78, 5) is 17.5. The largest absolute Gasteiger partial charge is 0.305 e. The van der Waals surface area contributed by atoms with Crippen LogP contribution in [-0.4, -0.2) is 25.1 Å². The number of terminal acetylenes is 1. The molecule has 0 radical (unpaired) electrons. The summed E-state index contributed by atoms with van der Waals surface area (Å²) in [5.74, 6) is 2.19. The number of fused-ring (bicyclic) bond motifs is 1. The molecule has 3 rings (SSSR count). The smallest absolute Gasteiger partial charge is 0.279 e. The molecule has 1 aromatic heterocycles. The second kappa shape index (κ2) is 6.90. The fourth-order valence-electron chi connectivity index (χ4n) is 2.57. The Balaban J connectivity index is 2.22. The quantitative estimate of drug-likeness (QED) is 0.652. The van der Waals surface area contributed by atoms with Crippen molar-refractivity contribution < 1.29 is 13.2 Å². The summed E-state index contributed by atoms with van der Waals surface area (Å²) in [6.45, 7) is 2.08. The second-order valence-corrected chi connectivity index (χ2v) is 8.83. The molecular weight excluding hydrogens is 368 g/mol. The summed E-state index contributed by atoms with van der Waals surface area (Å²) in [6.07, 6.45) is 6.61. The van der Waals surface area contributed by atoms with Crippen molar-refractivity contribution in [3.63, 3.8) is 0 Å². The van der Waals surface area contributed by atoms with Gasteiger partial charge in [-0.1, -0.05) is 35.5 Å². The van der Waals surface area contributed by atoms with Crippen LogP contribution in [0.4, 0.5) is 0 Å². The normalized spacial score (nSPS) is 12.3. The van der Waals surface area contributed by atoms with Crippen LogP contribution in [0.5, 0.6) is 0 Å². The van der Waals surface area contributed by atoms with E-state index in [1.807, 2.05) is 19.1 Å². The molecule has 5 nitrogen and oxygen atoms in total. The van der Waals surface area contributed by atoms with Crippen molar-refractivity contribution in [1.29, 1.82) is 0 Å². The minimum atomic E-state index is -3.32. The third-order valence-electron chi connectivity index (χ3n) is 3.90. The lowest BCUT2D eigenvalue weighted by atomic mass is 10.1. The topological polar surface area (TPSA) is 68.5 Å². The average Bonchev–Trinajstić information content (AvgIpc) is 2.91. The number of aromatic nitrogens is 1. The Morgan fingerprint density at radius 3 is 2.65 bits per heavy atom. The molecule has 1 heterocycles. The van der Waals surface area contributed by atoms with E-state index in [1.165, 1.54) is 17.4 Å². The number of thiazole rings is 1. The van der Waals surface area contributed by atoms with Gasteiger partial charge in [0.05, 0.1) is 21.7 Å². The maximum absolute atomic E-state index is 12.6. The van der Waals surface area contributed by atoms with Gasteiger partial charge in [0, 0.05) is 11.8 Å². The highest BCUT2D eigenvalue weighted by Crippen LogP contribution is 2.22. The number of hydrogen-bond acceptors (Lipinski definition) is 4. The highest BCUT2D eigenvalue weighted by molar-refractivity contribution is 7.90. The number of carbonyl (C=O) groups excluding carboxylic acids is 1. The van der Waals surface area contributed by atoms with Crippen molar-refractivity contribution in [3.8, 4) is 12.3 Å². The Hall–Kier alpha value is -2.69. The Kier molecular flexibility index (Phi) is 4.81. The summed E-state index contributed by atoms with van der Waals surface area (Å²) < 4.78 is 26.0. The van der Waals surface area contributed by atoms with E-state index >= 15 is 0 Å². The molecule has 0 saturated heterocycles. The SMILES string of the molecule is C#CCn1c(=NC(=O)c2ccccc2C)sc2cc(S(C)(=O)=O)ccc21. The molecule has 3 aromatic rings. The van der Waals surface area contributed by atoms with Gasteiger partial charge in [0.1, 0.15) is 0 Å². The zero-order valence-electron chi connectivity index (χ0n) is 14.3. The fourth-order valence-corrected chi connectivity index (χ4v) is 4.36. The van der Waals surface area contributed by atoms with Gasteiger partial charge in [0.25, 0.3) is 5.91 Å². The Morgan fingerprint density at radius 1 is 1.27 bits per heavy atom. The van der Waals surface area contributed by atoms with Crippen LogP contribution in [0, 0.1) is 19.3 Å². The van der Waals surface area contributed by atoms with E-state index in [-0.39, 0.29) is 17.3 Å². The lowest BCUT2D eigenvalue weighted by Gasteiger charge is -2.02. The molecule has 7 heteroatoms. The van der Waals surface area contributed by atoms with Crippen molar-refractivity contribution in [1.82, 2.24) is 4.57 Å². The van der Waals surface area contributed by atoms with Crippen LogP contribution in [0.25, 0.3) is 10.2 Å². The minimum Gasteiger partial charge on any atom is -0.305 e. The molecule has 1 amide bonds. The van der Waals surface area contributed by atoms with Gasteiger partial charge in [-0.3, -0.25) is 4.79 Å². The van der Waals surface area contributed by atoms with E-state index in [9.17, 15) is 13.2 Å². The average molecular weight is 384 g/mol. The van der Waals surface area contributed by atoms with E-state index < -0.39 is 9.84 Å². The van der Waals surface area contributed by atoms with Crippen LogP contribution < -0.4 is 4.80 Å². The maximum atomic E-state index is 12.6. The molecule has 132 valence electrons. The number of rotatable bonds is 3. The van der Waals surface area contributed by atoms with Gasteiger partial charge in [-0.25, -0.2) is 8.42 Å². The van der Waals surface area contributed by atoms with E-state index in [2.05, 4.69) is 10.9 Å². The van der Waals surface area contributed by atoms with Gasteiger partial charge >= 0.3 is 0 Å². The van der Waals surface area contributed by atoms with Gasteiger partial charge in [-0.2, -0.15) is 4.99 Å². The van der Waals surface area contributed by atoms with Crippen LogP contribution in [0.15, 0.2) is 52.4 Å². The van der Waals surface area contributed by atoms with E-state index in [1.54, 1.807) is 28.8 Å². The van der Waals surface area contributed by atoms with Crippen LogP contribution in [-0.2, 0) is 16.4 Å². The zero-order valence-corrected chi connectivity index (χ0v) is 15.9. The monoisotopic (exact) mass is 384 g/mol. The third-order valence-corrected chi connectivity index (χ3v) is 6.06. The van der Waals surface area contributed by atoms with E-state index in [0.717, 1.165) is 17.3 Å². The molecule has 0 fully saturated rings. The summed E-state index contributed by atoms with van der Waals surface area (Å²) in [5.41, 5.74) is 2.11. The molecule has 0 atom stereocenters. The molecular formula is C19H16N2O3S2. The van der Waals surface area contributed by atoms with E-state index in [0.29, 0.717) is 15.1 Å². The summed E-state index contributed by atoms with van der Waals surface area (Å²) >= 11 is 1.24. The Labute approximate surface area is 155 Å². The van der Waals surface area contributed by atoms with Gasteiger partial charge in [-0.15, -0.1) is 6.42 Å². The predicted octanol–water partition coefficient (Wildman–Crippen LogP) is 2.79. The van der Waals surface area contributed by atoms with E-state index in [4.69, 9.17) is 6.42 Å². The molecule has 0 spiro atoms. The highest BCUT2D eigenvalue weighted by atomic mass is 32.2. The highest BCUT2D eigenvalue weighted by Gasteiger charge is 2.13. The standard InChI is InChI=1S/C19H16N2O3S2/c1-4-11-21-16-10-9-14(26(3,23)24)12-17(16)25-19(21)20-18(22)15-8-6-5-7-13(15)2/h1,5-10,12H,11H2,2-3H3. The number of benzene rings is 2. The molecule has 0 aliphatic rings. The molecule has 0 unspecified atom stereocenters. The fraction of sp³-hybridized carbons (Fsp3) is 0.158. The van der Waals surface area contributed by atoms with Gasteiger partial charge in [0.2, 0.25) is 0 Å². The van der Waals surface area contributed by atoms with Crippen LogP contribution in [0.2, 0.25) is 0 Å². The Morgan fingerprint density at radius 2 is 2.00 bits per heavy atom. The number of nitrogens with zero attached hydrogens (tertiary/aromatic N) is 2. The van der Waals surface area contributed by atoms with Gasteiger partial charge < -0.3 is 4.57 Å². The van der Waals surface area contributed by atoms with Crippen LogP contribution >= 0.6 is 11.3 Å². The van der Waals surface area contributed by atoms with Crippen molar-refractivity contribution in [2.24, 2.45) is 4.99 Å². The first-order chi connectivity index (χ1) is 12.3. The maximum Gasteiger partial charge on any atom is 0.279 e. The number of hydrogen-bond donors (Lipinski definition) is 0. The van der Waals surface area contributed by atoms with Crippen molar-refractivity contribution in [3.05, 3.63) is 58.4 Å². The third kappa shape index (κ3) is 3.47. The number of carbonyl (C=O) groups is 1. The first-order valence-electron chi connectivity index (χ1n) is 7.73. The summed E-state index contributed by atoms with van der Waals surface area (Å²) in [6, 6.07) is 12.0. The first kappa shape index (κ1) is 18.1. The minimum absolute atomic E-state index is 0.218. The van der Waals surface area contributed by atoms with Crippen LogP contribution in [0.1, 0.15) is 15.9 Å². The molecule has 0 saturated carbocycles. The number of aryl methyl sites for hydroxylation is 1. The predicted molar refractivity (Wildman–Crippen MR) is 103 cm³/mol. The summed E-state index contributed by atoms with van der Waals surface area (Å²) in [5, 5.41) is 0. The van der Waals surface area contributed by atoms with Crippen molar-refractivity contribution in [2.75, 3.05) is 6.26 Å². The molecule has 26 heavy (non-hydrogen) atoms. The van der Waals surface area contributed by atoms with Crippen molar-refractivity contribution >= 4 is 37.3 Å². The summed E-state index contributed by atoms with van der Waals surface area (Å²) in [7, 11) is -3.32. The van der Waals surface area contributed by atoms with Gasteiger partial charge in [0.15, 0.2) is 14.6 Å². The lowest BCUT2D eigenvalue weighted by Crippen LogP contribution is -2.16. The number of sulfone groups is 1. The van der Waals surface area contributed by atoms with Crippen molar-refractivity contribution in [2.45, 2.75) is 18.4 Å². The molecule has 2 aromatic carbocycles. The molecule has 0 N–H and O–H groups in total. The first-order valence-corrected chi connectivity index (χ1v) is 10.4. The molecule has 0 bridgehead atoms. The lowest BCUT2D eigenvalue weighted by molar-refractivity contribution is 0.0997. The van der Waals surface area contributed by atoms with Crippen LogP contribution in [0.3, 0.4) is 0 Å². The number of amides is 1. The molecule has 0 aliphatic carbocycles. The second-order valence-electron chi connectivity index (χ2n) is 5.81. The molecule has 0 aliphatic heterocycles. The Bertz CT molecular complexity index is 1230.